The first-order valence-corrected chi connectivity index (χ1v) is 6.39. The third-order valence-electron chi connectivity index (χ3n) is 2.24. The summed E-state index contributed by atoms with van der Waals surface area (Å²) in [6.45, 7) is 0. The lowest BCUT2D eigenvalue weighted by atomic mass is 10.4. The number of hydrogen-bond acceptors (Lipinski definition) is 1. The zero-order valence-corrected chi connectivity index (χ0v) is 9.62. The van der Waals surface area contributed by atoms with Crippen molar-refractivity contribution in [3.05, 3.63) is 71.1 Å². The van der Waals surface area contributed by atoms with E-state index >= 15 is 0 Å². The van der Waals surface area contributed by atoms with E-state index in [0.717, 1.165) is 10.4 Å². The lowest BCUT2D eigenvalue weighted by Gasteiger charge is -2.08. The molecule has 0 bridgehead atoms. The van der Waals surface area contributed by atoms with Gasteiger partial charge in [-0.05, 0) is 10.4 Å². The van der Waals surface area contributed by atoms with Crippen molar-refractivity contribution in [1.82, 2.24) is 0 Å². The van der Waals surface area contributed by atoms with Crippen LogP contribution < -0.4 is 10.4 Å². The molecule has 77 valence electrons. The second-order valence-electron chi connectivity index (χ2n) is 3.27. The van der Waals surface area contributed by atoms with Crippen LogP contribution in [0, 0.1) is 0 Å². The van der Waals surface area contributed by atoms with Crippen molar-refractivity contribution in [2.45, 2.75) is 0 Å². The van der Waals surface area contributed by atoms with E-state index in [4.69, 9.17) is 5.53 Å². The van der Waals surface area contributed by atoms with Gasteiger partial charge in [0.2, 0.25) is 8.96 Å². The topological polar surface area (TPSA) is 48.8 Å². The molecule has 2 aromatic rings. The molecule has 0 aromatic heterocycles. The Balaban J connectivity index is 2.43. The molecule has 0 unspecified atom stereocenters. The van der Waals surface area contributed by atoms with Gasteiger partial charge in [-0.3, -0.25) is 0 Å². The summed E-state index contributed by atoms with van der Waals surface area (Å²) in [6, 6.07) is 19.8. The van der Waals surface area contributed by atoms with E-state index in [-0.39, 0.29) is 0 Å². The molecular weight excluding hydrogens is 214 g/mol. The maximum atomic E-state index is 8.64. The molecule has 0 aliphatic rings. The Bertz CT molecular complexity index is 453. The zero-order chi connectivity index (χ0) is 11.2. The molecule has 4 heteroatoms. The van der Waals surface area contributed by atoms with Crippen LogP contribution in [0.1, 0.15) is 0 Å². The Kier molecular flexibility index (Phi) is 3.38. The van der Waals surface area contributed by atoms with Crippen LogP contribution in [0.15, 0.2) is 65.4 Å². The van der Waals surface area contributed by atoms with Gasteiger partial charge in [0.15, 0.2) is 0 Å². The fourth-order valence-corrected chi connectivity index (χ4v) is 3.19. The molecule has 0 N–H and O–H groups in total. The van der Waals surface area contributed by atoms with Crippen LogP contribution in [0.25, 0.3) is 10.4 Å². The minimum Gasteiger partial charge on any atom is -0.115 e. The number of azide groups is 1. The van der Waals surface area contributed by atoms with Crippen LogP contribution in [-0.4, -0.2) is 8.96 Å². The minimum atomic E-state index is -1.34. The second kappa shape index (κ2) is 5.16. The fourth-order valence-electron chi connectivity index (χ4n) is 1.52. The first-order chi connectivity index (χ1) is 7.92. The van der Waals surface area contributed by atoms with Crippen LogP contribution >= 0.6 is 0 Å². The van der Waals surface area contributed by atoms with E-state index < -0.39 is 8.96 Å². The standard InChI is InChI=1S/C12H10N3Si/c13-14-15-16(11-7-3-1-4-8-11)12-9-5-2-6-10-12/h1-10H. The van der Waals surface area contributed by atoms with Crippen LogP contribution in [0.2, 0.25) is 0 Å². The lowest BCUT2D eigenvalue weighted by molar-refractivity contribution is 1.64. The molecule has 0 fully saturated rings. The average molecular weight is 224 g/mol. The fraction of sp³-hybridized carbons (Fsp3) is 0. The smallest absolute Gasteiger partial charge is 0.115 e. The Morgan fingerprint density at radius 1 is 0.812 bits per heavy atom. The van der Waals surface area contributed by atoms with Crippen LogP contribution in [0.3, 0.4) is 0 Å². The molecule has 0 heterocycles. The summed E-state index contributed by atoms with van der Waals surface area (Å²) < 4.78 is 3.95. The molecule has 2 rings (SSSR count). The summed E-state index contributed by atoms with van der Waals surface area (Å²) in [5, 5.41) is 2.22. The summed E-state index contributed by atoms with van der Waals surface area (Å²) in [5.74, 6) is 0. The Labute approximate surface area is 95.7 Å². The monoisotopic (exact) mass is 224 g/mol. The van der Waals surface area contributed by atoms with Gasteiger partial charge in [-0.1, -0.05) is 71.0 Å². The highest BCUT2D eigenvalue weighted by molar-refractivity contribution is 6.83. The lowest BCUT2D eigenvalue weighted by Crippen LogP contribution is -2.40. The summed E-state index contributed by atoms with van der Waals surface area (Å²) in [5.41, 5.74) is 8.64. The number of rotatable bonds is 3. The molecule has 0 spiro atoms. The van der Waals surface area contributed by atoms with Crippen LogP contribution in [0.5, 0.6) is 0 Å². The normalized spacial score (nSPS) is 9.81. The van der Waals surface area contributed by atoms with Gasteiger partial charge >= 0.3 is 0 Å². The minimum absolute atomic E-state index is 1.11. The predicted octanol–water partition coefficient (Wildman–Crippen LogP) is 2.10. The molecule has 0 atom stereocenters. The highest BCUT2D eigenvalue weighted by Gasteiger charge is 2.14. The van der Waals surface area contributed by atoms with E-state index in [9.17, 15) is 0 Å². The number of benzene rings is 2. The van der Waals surface area contributed by atoms with Gasteiger partial charge in [-0.25, -0.2) is 0 Å². The van der Waals surface area contributed by atoms with Crippen molar-refractivity contribution in [2.75, 3.05) is 0 Å². The second-order valence-corrected chi connectivity index (χ2v) is 5.32. The summed E-state index contributed by atoms with van der Waals surface area (Å²) in [7, 11) is -1.34. The molecule has 0 saturated carbocycles. The third-order valence-corrected chi connectivity index (χ3v) is 4.29. The van der Waals surface area contributed by atoms with Crippen molar-refractivity contribution in [3.63, 3.8) is 0 Å². The van der Waals surface area contributed by atoms with Crippen molar-refractivity contribution < 1.29 is 0 Å². The zero-order valence-electron chi connectivity index (χ0n) is 8.62. The van der Waals surface area contributed by atoms with Gasteiger partial charge in [0.25, 0.3) is 0 Å². The SMILES string of the molecule is [N-]=[N+]=N[Si](c1ccccc1)c1ccccc1. The van der Waals surface area contributed by atoms with E-state index in [1.165, 1.54) is 0 Å². The van der Waals surface area contributed by atoms with E-state index in [1.54, 1.807) is 0 Å². The Hall–Kier alpha value is -2.03. The van der Waals surface area contributed by atoms with E-state index in [0.29, 0.717) is 0 Å². The largest absolute Gasteiger partial charge is 0.225 e. The molecule has 1 radical (unpaired) electrons. The molecule has 0 saturated heterocycles. The Morgan fingerprint density at radius 2 is 1.25 bits per heavy atom. The first kappa shape index (κ1) is 10.5. The van der Waals surface area contributed by atoms with Gasteiger partial charge in [0, 0.05) is 0 Å². The van der Waals surface area contributed by atoms with Gasteiger partial charge < -0.3 is 0 Å². The van der Waals surface area contributed by atoms with Gasteiger partial charge in [0.05, 0.1) is 0 Å². The van der Waals surface area contributed by atoms with E-state index in [1.807, 2.05) is 60.7 Å². The van der Waals surface area contributed by atoms with Crippen LogP contribution in [-0.2, 0) is 0 Å². The van der Waals surface area contributed by atoms with Crippen molar-refractivity contribution in [2.24, 2.45) is 4.78 Å². The first-order valence-electron chi connectivity index (χ1n) is 4.94. The number of hydrogen-bond donors (Lipinski definition) is 0. The van der Waals surface area contributed by atoms with Crippen molar-refractivity contribution in [3.8, 4) is 0 Å². The summed E-state index contributed by atoms with van der Waals surface area (Å²) in [6.07, 6.45) is 0. The predicted molar refractivity (Wildman–Crippen MR) is 67.1 cm³/mol. The highest BCUT2D eigenvalue weighted by atomic mass is 28.3. The Morgan fingerprint density at radius 3 is 1.62 bits per heavy atom. The molecule has 16 heavy (non-hydrogen) atoms. The van der Waals surface area contributed by atoms with Crippen molar-refractivity contribution in [1.29, 1.82) is 0 Å². The van der Waals surface area contributed by atoms with Gasteiger partial charge in [-0.15, -0.1) is 4.78 Å². The van der Waals surface area contributed by atoms with Crippen LogP contribution in [0.4, 0.5) is 0 Å². The summed E-state index contributed by atoms with van der Waals surface area (Å²) >= 11 is 0. The molecule has 0 aliphatic carbocycles. The molecule has 0 amide bonds. The quantitative estimate of drug-likeness (QED) is 0.332. The summed E-state index contributed by atoms with van der Waals surface area (Å²) in [4.78, 5) is 2.96. The molecular formula is C12H10N3Si. The van der Waals surface area contributed by atoms with Crippen molar-refractivity contribution >= 4 is 19.3 Å². The third kappa shape index (κ3) is 2.31. The number of nitrogens with zero attached hydrogens (tertiary/aromatic N) is 3. The molecule has 0 aliphatic heterocycles. The molecule has 3 nitrogen and oxygen atoms in total. The maximum Gasteiger partial charge on any atom is 0.225 e. The average Bonchev–Trinajstić information content (AvgIpc) is 2.38. The van der Waals surface area contributed by atoms with E-state index in [2.05, 4.69) is 9.69 Å². The molecule has 2 aromatic carbocycles. The van der Waals surface area contributed by atoms with Gasteiger partial charge in [-0.2, -0.15) is 0 Å². The van der Waals surface area contributed by atoms with Gasteiger partial charge in [0.1, 0.15) is 0 Å². The highest BCUT2D eigenvalue weighted by Crippen LogP contribution is 1.94. The maximum absolute atomic E-state index is 8.64.